The van der Waals surface area contributed by atoms with E-state index < -0.39 is 0 Å². The number of nitrogens with two attached hydrogens (primary N) is 1. The van der Waals surface area contributed by atoms with Crippen LogP contribution < -0.4 is 11.1 Å². The second-order valence-corrected chi connectivity index (χ2v) is 6.15. The molecule has 0 aromatic rings. The van der Waals surface area contributed by atoms with Crippen LogP contribution >= 0.6 is 0 Å². The van der Waals surface area contributed by atoms with Crippen LogP contribution in [0.15, 0.2) is 0 Å². The number of nitrogens with one attached hydrogen (secondary N) is 1. The summed E-state index contributed by atoms with van der Waals surface area (Å²) >= 11 is 0. The van der Waals surface area contributed by atoms with Gasteiger partial charge in [0.15, 0.2) is 0 Å². The molecule has 2 rings (SSSR count). The third-order valence-corrected chi connectivity index (χ3v) is 4.79. The highest BCUT2D eigenvalue weighted by molar-refractivity contribution is 5.83. The maximum absolute atomic E-state index is 12.1. The van der Waals surface area contributed by atoms with Gasteiger partial charge in [-0.25, -0.2) is 0 Å². The zero-order chi connectivity index (χ0) is 12.0. The largest absolute Gasteiger partial charge is 0.349 e. The van der Waals surface area contributed by atoms with Crippen molar-refractivity contribution in [3.05, 3.63) is 0 Å². The van der Waals surface area contributed by atoms with Gasteiger partial charge in [-0.3, -0.25) is 4.79 Å². The van der Waals surface area contributed by atoms with Crippen molar-refractivity contribution in [2.45, 2.75) is 52.0 Å². The van der Waals surface area contributed by atoms with Crippen LogP contribution in [-0.4, -0.2) is 18.0 Å². The second kappa shape index (κ2) is 3.73. The Kier molecular flexibility index (Phi) is 2.77. The molecule has 16 heavy (non-hydrogen) atoms. The minimum Gasteiger partial charge on any atom is -0.349 e. The molecule has 0 spiro atoms. The lowest BCUT2D eigenvalue weighted by Gasteiger charge is -2.30. The van der Waals surface area contributed by atoms with Crippen LogP contribution in [0.4, 0.5) is 0 Å². The Hall–Kier alpha value is -0.570. The van der Waals surface area contributed by atoms with Crippen LogP contribution in [0.3, 0.4) is 0 Å². The molecule has 0 aromatic heterocycles. The van der Waals surface area contributed by atoms with Gasteiger partial charge in [-0.2, -0.15) is 0 Å². The third-order valence-electron chi connectivity index (χ3n) is 4.79. The topological polar surface area (TPSA) is 55.1 Å². The second-order valence-electron chi connectivity index (χ2n) is 6.15. The van der Waals surface area contributed by atoms with E-state index in [1.165, 1.54) is 12.8 Å². The fraction of sp³-hybridized carbons (Fsp3) is 0.923. The highest BCUT2D eigenvalue weighted by Crippen LogP contribution is 2.55. The quantitative estimate of drug-likeness (QED) is 0.746. The Balaban J connectivity index is 1.92. The molecule has 2 aliphatic carbocycles. The smallest absolute Gasteiger partial charge is 0.224 e. The zero-order valence-corrected chi connectivity index (χ0v) is 10.7. The molecule has 0 aromatic carbocycles. The summed E-state index contributed by atoms with van der Waals surface area (Å²) in [6.45, 7) is 7.01. The normalized spacial score (nSPS) is 36.6. The highest BCUT2D eigenvalue weighted by atomic mass is 16.2. The van der Waals surface area contributed by atoms with Crippen molar-refractivity contribution in [2.24, 2.45) is 23.0 Å². The van der Waals surface area contributed by atoms with Crippen LogP contribution in [0.2, 0.25) is 0 Å². The van der Waals surface area contributed by atoms with Crippen molar-refractivity contribution in [1.29, 1.82) is 0 Å². The first kappa shape index (κ1) is 11.9. The van der Waals surface area contributed by atoms with Gasteiger partial charge in [-0.1, -0.05) is 13.8 Å². The van der Waals surface area contributed by atoms with Gasteiger partial charge in [-0.05, 0) is 43.9 Å². The molecule has 0 aliphatic heterocycles. The van der Waals surface area contributed by atoms with Crippen LogP contribution in [0.1, 0.15) is 46.5 Å². The SMILES string of the molecule is CCC1(C)CC1C(=O)NC(C)(CN)C1CC1. The molecule has 0 heterocycles. The molecule has 2 saturated carbocycles. The summed E-state index contributed by atoms with van der Waals surface area (Å²) in [5, 5.41) is 3.19. The Morgan fingerprint density at radius 1 is 1.56 bits per heavy atom. The molecule has 0 bridgehead atoms. The maximum Gasteiger partial charge on any atom is 0.224 e. The number of hydrogen-bond donors (Lipinski definition) is 2. The summed E-state index contributed by atoms with van der Waals surface area (Å²) in [4.78, 5) is 12.1. The van der Waals surface area contributed by atoms with Gasteiger partial charge in [0.25, 0.3) is 0 Å². The van der Waals surface area contributed by atoms with Gasteiger partial charge < -0.3 is 11.1 Å². The van der Waals surface area contributed by atoms with E-state index in [0.717, 1.165) is 12.8 Å². The van der Waals surface area contributed by atoms with Crippen molar-refractivity contribution in [3.63, 3.8) is 0 Å². The third kappa shape index (κ3) is 1.97. The van der Waals surface area contributed by atoms with Gasteiger partial charge in [0, 0.05) is 12.5 Å². The molecular formula is C13H24N2O. The summed E-state index contributed by atoms with van der Waals surface area (Å²) in [6, 6.07) is 0. The molecule has 3 nitrogen and oxygen atoms in total. The van der Waals surface area contributed by atoms with E-state index >= 15 is 0 Å². The Morgan fingerprint density at radius 2 is 2.19 bits per heavy atom. The minimum absolute atomic E-state index is 0.158. The fourth-order valence-electron chi connectivity index (χ4n) is 2.62. The fourth-order valence-corrected chi connectivity index (χ4v) is 2.62. The summed E-state index contributed by atoms with van der Waals surface area (Å²) in [6.07, 6.45) is 4.56. The lowest BCUT2D eigenvalue weighted by molar-refractivity contribution is -0.125. The minimum atomic E-state index is -0.158. The predicted molar refractivity (Wildman–Crippen MR) is 64.8 cm³/mol. The number of amides is 1. The average Bonchev–Trinajstić information content (AvgIpc) is 3.11. The Bertz CT molecular complexity index is 300. The average molecular weight is 224 g/mol. The molecule has 3 heteroatoms. The molecule has 3 unspecified atom stereocenters. The molecule has 0 saturated heterocycles. The lowest BCUT2D eigenvalue weighted by Crippen LogP contribution is -2.53. The highest BCUT2D eigenvalue weighted by Gasteiger charge is 2.54. The summed E-state index contributed by atoms with van der Waals surface area (Å²) < 4.78 is 0. The first-order valence-corrected chi connectivity index (χ1v) is 6.47. The monoisotopic (exact) mass is 224 g/mol. The van der Waals surface area contributed by atoms with Gasteiger partial charge in [-0.15, -0.1) is 0 Å². The van der Waals surface area contributed by atoms with Gasteiger partial charge in [0.05, 0.1) is 5.54 Å². The van der Waals surface area contributed by atoms with E-state index in [1.54, 1.807) is 0 Å². The van der Waals surface area contributed by atoms with Crippen molar-refractivity contribution in [2.75, 3.05) is 6.54 Å². The van der Waals surface area contributed by atoms with E-state index in [0.29, 0.717) is 12.5 Å². The Morgan fingerprint density at radius 3 is 2.56 bits per heavy atom. The van der Waals surface area contributed by atoms with E-state index in [4.69, 9.17) is 5.73 Å². The van der Waals surface area contributed by atoms with E-state index in [1.807, 2.05) is 0 Å². The molecule has 3 atom stereocenters. The molecular weight excluding hydrogens is 200 g/mol. The summed E-state index contributed by atoms with van der Waals surface area (Å²) in [7, 11) is 0. The van der Waals surface area contributed by atoms with Crippen molar-refractivity contribution >= 4 is 5.91 Å². The molecule has 2 fully saturated rings. The van der Waals surface area contributed by atoms with Gasteiger partial charge in [0.2, 0.25) is 5.91 Å². The standard InChI is InChI=1S/C13H24N2O/c1-4-12(2)7-10(12)11(16)15-13(3,8-14)9-5-6-9/h9-10H,4-8,14H2,1-3H3,(H,15,16). The zero-order valence-electron chi connectivity index (χ0n) is 10.7. The molecule has 3 N–H and O–H groups in total. The van der Waals surface area contributed by atoms with Crippen LogP contribution in [0.5, 0.6) is 0 Å². The maximum atomic E-state index is 12.1. The predicted octanol–water partition coefficient (Wildman–Crippen LogP) is 1.67. The number of carbonyl (C=O) groups excluding carboxylic acids is 1. The summed E-state index contributed by atoms with van der Waals surface area (Å²) in [5.74, 6) is 1.06. The van der Waals surface area contributed by atoms with Crippen LogP contribution in [0.25, 0.3) is 0 Å². The Labute approximate surface area is 98.2 Å². The van der Waals surface area contributed by atoms with Crippen LogP contribution in [0, 0.1) is 17.3 Å². The van der Waals surface area contributed by atoms with E-state index in [9.17, 15) is 4.79 Å². The van der Waals surface area contributed by atoms with E-state index in [2.05, 4.69) is 26.1 Å². The molecule has 92 valence electrons. The van der Waals surface area contributed by atoms with Gasteiger partial charge in [0.1, 0.15) is 0 Å². The molecule has 1 amide bonds. The number of hydrogen-bond acceptors (Lipinski definition) is 2. The van der Waals surface area contributed by atoms with Gasteiger partial charge >= 0.3 is 0 Å². The first-order valence-electron chi connectivity index (χ1n) is 6.47. The van der Waals surface area contributed by atoms with Crippen LogP contribution in [-0.2, 0) is 4.79 Å². The number of rotatable bonds is 5. The van der Waals surface area contributed by atoms with Crippen molar-refractivity contribution in [3.8, 4) is 0 Å². The molecule has 2 aliphatic rings. The van der Waals surface area contributed by atoms with Crippen molar-refractivity contribution in [1.82, 2.24) is 5.32 Å². The van der Waals surface area contributed by atoms with E-state index in [-0.39, 0.29) is 22.8 Å². The lowest BCUT2D eigenvalue weighted by atomic mass is 9.95. The molecule has 0 radical (unpaired) electrons. The number of carbonyl (C=O) groups is 1. The summed E-state index contributed by atoms with van der Waals surface area (Å²) in [5.41, 5.74) is 5.90. The first-order chi connectivity index (χ1) is 7.45. The van der Waals surface area contributed by atoms with Crippen molar-refractivity contribution < 1.29 is 4.79 Å².